The van der Waals surface area contributed by atoms with Gasteiger partial charge in [-0.1, -0.05) is 26.8 Å². The van der Waals surface area contributed by atoms with E-state index in [1.165, 1.54) is 35.6 Å². The molecule has 0 aliphatic carbocycles. The molecular formula is C40H37N5O12S. The third-order valence-electron chi connectivity index (χ3n) is 7.38. The van der Waals surface area contributed by atoms with Gasteiger partial charge >= 0.3 is 17.9 Å². The maximum Gasteiger partial charge on any atom is 0.377 e. The van der Waals surface area contributed by atoms with Crippen LogP contribution in [-0.2, 0) is 14.2 Å². The van der Waals surface area contributed by atoms with Crippen molar-refractivity contribution in [3.63, 3.8) is 0 Å². The summed E-state index contributed by atoms with van der Waals surface area (Å²) in [5.74, 6) is 0.228. The monoisotopic (exact) mass is 811 g/mol. The number of methoxy groups -OCH3 is 1. The number of hydrogen-bond donors (Lipinski definition) is 2. The van der Waals surface area contributed by atoms with Gasteiger partial charge in [0.05, 0.1) is 33.1 Å². The molecule has 58 heavy (non-hydrogen) atoms. The first-order valence-electron chi connectivity index (χ1n) is 17.5. The molecule has 17 nitrogen and oxygen atoms in total. The zero-order valence-electron chi connectivity index (χ0n) is 31.6. The molecule has 0 aliphatic rings. The standard InChI is InChI=1S/C15H13N3O4S.C13H13NO4.C12H11NO4/c1-2-20-14(19)12-7-11(18-22-12)9-3-5-10(6-4-9)21-13-8-17-15(16)23-13;1-3-17-13(15)12-8-11(14-18-12)9-4-6-10(16-2)7-5-9;1-2-16-12(15)11-7-10(13-17-11)8-3-5-9(14)6-4-8/h3-8H,2H2,1H3,(H2,16,17);4-8H,3H2,1-2H3;3-7,14H,2H2,1H3. The van der Waals surface area contributed by atoms with E-state index in [4.69, 9.17) is 48.1 Å². The first-order chi connectivity index (χ1) is 28.1. The van der Waals surface area contributed by atoms with E-state index in [0.29, 0.717) is 39.6 Å². The van der Waals surface area contributed by atoms with Crippen LogP contribution in [-0.4, -0.2) is 70.4 Å². The summed E-state index contributed by atoms with van der Waals surface area (Å²) >= 11 is 1.26. The second-order valence-electron chi connectivity index (χ2n) is 11.3. The summed E-state index contributed by atoms with van der Waals surface area (Å²) in [6, 6.07) is 25.5. The average Bonchev–Trinajstić information content (AvgIpc) is 4.08. The number of nitrogens with zero attached hydrogens (tertiary/aromatic N) is 4. The van der Waals surface area contributed by atoms with Crippen molar-refractivity contribution < 1.29 is 56.7 Å². The van der Waals surface area contributed by atoms with Gasteiger partial charge in [-0.3, -0.25) is 0 Å². The number of benzene rings is 3. The number of carbonyl (C=O) groups is 3. The van der Waals surface area contributed by atoms with Crippen molar-refractivity contribution in [3.05, 3.63) is 114 Å². The predicted molar refractivity (Wildman–Crippen MR) is 209 cm³/mol. The van der Waals surface area contributed by atoms with Crippen LogP contribution in [0.3, 0.4) is 0 Å². The van der Waals surface area contributed by atoms with Crippen molar-refractivity contribution in [2.75, 3.05) is 32.7 Å². The van der Waals surface area contributed by atoms with E-state index in [1.54, 1.807) is 64.4 Å². The van der Waals surface area contributed by atoms with Gasteiger partial charge in [-0.15, -0.1) is 0 Å². The summed E-state index contributed by atoms with van der Waals surface area (Å²) in [6.45, 7) is 6.05. The Hall–Kier alpha value is -7.47. The number of ether oxygens (including phenoxy) is 5. The lowest BCUT2D eigenvalue weighted by molar-refractivity contribution is 0.0471. The van der Waals surface area contributed by atoms with Gasteiger partial charge in [-0.05, 0) is 93.6 Å². The molecule has 7 aromatic rings. The van der Waals surface area contributed by atoms with E-state index >= 15 is 0 Å². The highest BCUT2D eigenvalue weighted by Gasteiger charge is 2.17. The Morgan fingerprint density at radius 1 is 0.621 bits per heavy atom. The summed E-state index contributed by atoms with van der Waals surface area (Å²) in [4.78, 5) is 38.2. The number of phenols is 1. The molecule has 0 unspecified atom stereocenters. The Kier molecular flexibility index (Phi) is 14.7. The lowest BCUT2D eigenvalue weighted by Gasteiger charge is -2.02. The van der Waals surface area contributed by atoms with E-state index < -0.39 is 17.9 Å². The lowest BCUT2D eigenvalue weighted by atomic mass is 10.1. The third kappa shape index (κ3) is 11.5. The van der Waals surface area contributed by atoms with Crippen LogP contribution in [0.25, 0.3) is 33.8 Å². The second kappa shape index (κ2) is 20.4. The van der Waals surface area contributed by atoms with E-state index in [-0.39, 0.29) is 36.2 Å². The zero-order chi connectivity index (χ0) is 41.4. The maximum atomic E-state index is 11.6. The fourth-order valence-electron chi connectivity index (χ4n) is 4.65. The fourth-order valence-corrected chi connectivity index (χ4v) is 5.21. The molecule has 0 aliphatic heterocycles. The summed E-state index contributed by atoms with van der Waals surface area (Å²) in [7, 11) is 1.60. The highest BCUT2D eigenvalue weighted by atomic mass is 32.1. The maximum absolute atomic E-state index is 11.6. The molecule has 4 heterocycles. The molecule has 3 aromatic carbocycles. The largest absolute Gasteiger partial charge is 0.508 e. The second-order valence-corrected chi connectivity index (χ2v) is 12.3. The van der Waals surface area contributed by atoms with Crippen LogP contribution >= 0.6 is 11.3 Å². The van der Waals surface area contributed by atoms with Gasteiger partial charge in [0.1, 0.15) is 34.3 Å². The molecule has 18 heteroatoms. The number of carbonyl (C=O) groups excluding carboxylic acids is 3. The molecule has 0 spiro atoms. The highest BCUT2D eigenvalue weighted by Crippen LogP contribution is 2.30. The summed E-state index contributed by atoms with van der Waals surface area (Å²) in [5, 5.41) is 21.7. The van der Waals surface area contributed by atoms with Gasteiger partial charge in [0.15, 0.2) is 5.13 Å². The van der Waals surface area contributed by atoms with E-state index in [0.717, 1.165) is 22.4 Å². The number of esters is 3. The Bertz CT molecular complexity index is 2380. The van der Waals surface area contributed by atoms with Gasteiger partial charge in [-0.2, -0.15) is 0 Å². The van der Waals surface area contributed by atoms with Gasteiger partial charge in [-0.25, -0.2) is 19.4 Å². The molecule has 4 aromatic heterocycles. The number of thiazole rings is 1. The summed E-state index contributed by atoms with van der Waals surface area (Å²) < 4.78 is 39.9. The predicted octanol–water partition coefficient (Wildman–Crippen LogP) is 8.10. The third-order valence-corrected chi connectivity index (χ3v) is 8.08. The molecule has 0 saturated carbocycles. The van der Waals surface area contributed by atoms with Crippen molar-refractivity contribution in [2.24, 2.45) is 0 Å². The van der Waals surface area contributed by atoms with E-state index in [1.807, 2.05) is 36.4 Å². The SMILES string of the molecule is CCOC(=O)c1cc(-c2ccc(O)cc2)no1.CCOC(=O)c1cc(-c2ccc(OC)cc2)no1.CCOC(=O)c1cc(-c2ccc(Oc3cnc(N)s3)cc2)no1. The summed E-state index contributed by atoms with van der Waals surface area (Å²) in [6.07, 6.45) is 1.57. The number of anilines is 1. The van der Waals surface area contributed by atoms with Gasteiger partial charge in [0.2, 0.25) is 22.3 Å². The van der Waals surface area contributed by atoms with E-state index in [9.17, 15) is 14.4 Å². The van der Waals surface area contributed by atoms with Crippen molar-refractivity contribution in [3.8, 4) is 56.1 Å². The molecular weight excluding hydrogens is 775 g/mol. The molecule has 300 valence electrons. The zero-order valence-corrected chi connectivity index (χ0v) is 32.4. The molecule has 0 atom stereocenters. The number of aromatic hydroxyl groups is 1. The molecule has 0 bridgehead atoms. The number of nitrogens with two attached hydrogens (primary N) is 1. The molecule has 7 rings (SSSR count). The molecule has 3 N–H and O–H groups in total. The first-order valence-corrected chi connectivity index (χ1v) is 18.3. The Morgan fingerprint density at radius 2 is 1.00 bits per heavy atom. The Balaban J connectivity index is 0.000000168. The first kappa shape index (κ1) is 41.7. The molecule has 0 radical (unpaired) electrons. The van der Waals surface area contributed by atoms with Crippen molar-refractivity contribution in [1.29, 1.82) is 0 Å². The Morgan fingerprint density at radius 3 is 1.34 bits per heavy atom. The van der Waals surface area contributed by atoms with Crippen LogP contribution in [0, 0.1) is 0 Å². The van der Waals surface area contributed by atoms with E-state index in [2.05, 4.69) is 20.5 Å². The topological polar surface area (TPSA) is 235 Å². The average molecular weight is 812 g/mol. The van der Waals surface area contributed by atoms with Crippen LogP contribution in [0.15, 0.2) is 111 Å². The minimum absolute atomic E-state index is 0.0647. The molecule has 0 saturated heterocycles. The smallest absolute Gasteiger partial charge is 0.377 e. The quantitative estimate of drug-likeness (QED) is 0.0875. The van der Waals surface area contributed by atoms with Gasteiger partial charge < -0.3 is 48.1 Å². The van der Waals surface area contributed by atoms with Gasteiger partial charge in [0, 0.05) is 34.9 Å². The summed E-state index contributed by atoms with van der Waals surface area (Å²) in [5.41, 5.74) is 9.59. The molecule has 0 fully saturated rings. The Labute approximate surface area is 334 Å². The van der Waals surface area contributed by atoms with Gasteiger partial charge in [0.25, 0.3) is 0 Å². The minimum Gasteiger partial charge on any atom is -0.508 e. The van der Waals surface area contributed by atoms with Crippen LogP contribution in [0.1, 0.15) is 52.4 Å². The van der Waals surface area contributed by atoms with Crippen LogP contribution in [0.5, 0.6) is 22.3 Å². The fraction of sp³-hybridized carbons (Fsp3) is 0.175. The van der Waals surface area contributed by atoms with Crippen molar-refractivity contribution >= 4 is 34.4 Å². The molecule has 0 amide bonds. The van der Waals surface area contributed by atoms with Crippen LogP contribution in [0.2, 0.25) is 0 Å². The van der Waals surface area contributed by atoms with Crippen molar-refractivity contribution in [1.82, 2.24) is 20.5 Å². The van der Waals surface area contributed by atoms with Crippen LogP contribution < -0.4 is 15.2 Å². The lowest BCUT2D eigenvalue weighted by Crippen LogP contribution is -2.02. The number of hydrogen-bond acceptors (Lipinski definition) is 18. The number of rotatable bonds is 12. The number of nitrogen functional groups attached to an aromatic ring is 1. The van der Waals surface area contributed by atoms with Crippen LogP contribution in [0.4, 0.5) is 5.13 Å². The number of phenolic OH excluding ortho intramolecular Hbond substituents is 1. The number of aromatic nitrogens is 4. The van der Waals surface area contributed by atoms with Crippen molar-refractivity contribution in [2.45, 2.75) is 20.8 Å². The minimum atomic E-state index is -0.537. The normalized spacial score (nSPS) is 10.3. The highest BCUT2D eigenvalue weighted by molar-refractivity contribution is 7.17.